The molecule has 2 heterocycles. The minimum absolute atomic E-state index is 0.141. The Morgan fingerprint density at radius 1 is 1.21 bits per heavy atom. The summed E-state index contributed by atoms with van der Waals surface area (Å²) in [5, 5.41) is 2.88. The number of rotatable bonds is 3. The van der Waals surface area contributed by atoms with E-state index in [0.29, 0.717) is 28.9 Å². The lowest BCUT2D eigenvalue weighted by Gasteiger charge is -2.07. The van der Waals surface area contributed by atoms with Gasteiger partial charge in [0.05, 0.1) is 0 Å². The average molecular weight is 260 g/mol. The third-order valence-electron chi connectivity index (χ3n) is 2.54. The predicted molar refractivity (Wildman–Crippen MR) is 68.6 cm³/mol. The van der Waals surface area contributed by atoms with E-state index in [1.807, 2.05) is 0 Å². The summed E-state index contributed by atoms with van der Waals surface area (Å²) in [6, 6.07) is 6.94. The molecule has 0 aliphatic carbocycles. The van der Waals surface area contributed by atoms with Gasteiger partial charge < -0.3 is 25.3 Å². The first-order chi connectivity index (χ1) is 9.24. The Balaban J connectivity index is 1.86. The summed E-state index contributed by atoms with van der Waals surface area (Å²) >= 11 is 0. The van der Waals surface area contributed by atoms with Gasteiger partial charge in [0.1, 0.15) is 11.6 Å². The molecule has 1 aliphatic heterocycles. The van der Waals surface area contributed by atoms with Crippen molar-refractivity contribution in [2.75, 3.05) is 24.9 Å². The molecule has 0 bridgehead atoms. The van der Waals surface area contributed by atoms with Crippen LogP contribution in [0.1, 0.15) is 0 Å². The molecule has 0 saturated heterocycles. The molecule has 2 aromatic rings. The summed E-state index contributed by atoms with van der Waals surface area (Å²) in [5.74, 6) is 3.02. The monoisotopic (exact) mass is 260 g/mol. The van der Waals surface area contributed by atoms with Crippen LogP contribution in [-0.2, 0) is 0 Å². The molecule has 1 aromatic carbocycles. The number of nitrogens with zero attached hydrogens (tertiary/aromatic N) is 2. The first-order valence-electron chi connectivity index (χ1n) is 5.64. The minimum Gasteiger partial charge on any atom is -0.454 e. The zero-order valence-electron chi connectivity index (χ0n) is 10.2. The van der Waals surface area contributed by atoms with E-state index in [9.17, 15) is 0 Å². The van der Waals surface area contributed by atoms with Crippen molar-refractivity contribution in [2.45, 2.75) is 0 Å². The average Bonchev–Trinajstić information content (AvgIpc) is 2.85. The van der Waals surface area contributed by atoms with Gasteiger partial charge in [0.25, 0.3) is 0 Å². The van der Waals surface area contributed by atoms with Gasteiger partial charge in [-0.05, 0) is 12.1 Å². The van der Waals surface area contributed by atoms with Crippen molar-refractivity contribution < 1.29 is 14.2 Å². The summed E-state index contributed by atoms with van der Waals surface area (Å²) in [5.41, 5.74) is 5.59. The number of anilines is 2. The zero-order chi connectivity index (χ0) is 13.2. The van der Waals surface area contributed by atoms with Crippen LogP contribution in [0.5, 0.6) is 23.1 Å². The highest BCUT2D eigenvalue weighted by Gasteiger charge is 2.14. The zero-order valence-corrected chi connectivity index (χ0v) is 10.2. The van der Waals surface area contributed by atoms with E-state index in [2.05, 4.69) is 15.3 Å². The van der Waals surface area contributed by atoms with Crippen LogP contribution >= 0.6 is 0 Å². The van der Waals surface area contributed by atoms with E-state index < -0.39 is 0 Å². The highest BCUT2D eigenvalue weighted by molar-refractivity contribution is 5.49. The molecule has 3 N–H and O–H groups in total. The maximum absolute atomic E-state index is 5.62. The molecule has 0 fully saturated rings. The maximum atomic E-state index is 5.62. The van der Waals surface area contributed by atoms with Gasteiger partial charge in [-0.25, -0.2) is 0 Å². The second kappa shape index (κ2) is 4.52. The molecule has 19 heavy (non-hydrogen) atoms. The van der Waals surface area contributed by atoms with Crippen molar-refractivity contribution in [2.24, 2.45) is 0 Å². The van der Waals surface area contributed by atoms with Crippen LogP contribution in [-0.4, -0.2) is 23.8 Å². The number of hydrogen-bond acceptors (Lipinski definition) is 7. The van der Waals surface area contributed by atoms with Gasteiger partial charge in [0.15, 0.2) is 11.5 Å². The molecule has 0 spiro atoms. The number of fused-ring (bicyclic) bond motifs is 1. The lowest BCUT2D eigenvalue weighted by atomic mass is 10.3. The summed E-state index contributed by atoms with van der Waals surface area (Å²) in [6.45, 7) is 0.225. The number of hydrogen-bond donors (Lipinski definition) is 2. The van der Waals surface area contributed by atoms with E-state index in [0.717, 1.165) is 0 Å². The number of nitrogens with two attached hydrogens (primary N) is 1. The molecule has 0 radical (unpaired) electrons. The fourth-order valence-electron chi connectivity index (χ4n) is 1.68. The van der Waals surface area contributed by atoms with Crippen molar-refractivity contribution in [1.29, 1.82) is 0 Å². The number of nitrogen functional groups attached to an aromatic ring is 1. The van der Waals surface area contributed by atoms with Crippen LogP contribution in [0.15, 0.2) is 24.3 Å². The van der Waals surface area contributed by atoms with Gasteiger partial charge in [0, 0.05) is 19.2 Å². The van der Waals surface area contributed by atoms with Crippen LogP contribution in [0, 0.1) is 0 Å². The highest BCUT2D eigenvalue weighted by Crippen LogP contribution is 2.36. The number of aromatic nitrogens is 2. The lowest BCUT2D eigenvalue weighted by Crippen LogP contribution is -2.01. The van der Waals surface area contributed by atoms with Gasteiger partial charge in [-0.15, -0.1) is 0 Å². The van der Waals surface area contributed by atoms with Crippen molar-refractivity contribution in [3.05, 3.63) is 24.3 Å². The molecular weight excluding hydrogens is 248 g/mol. The smallest absolute Gasteiger partial charge is 0.231 e. The summed E-state index contributed by atoms with van der Waals surface area (Å²) in [4.78, 5) is 7.99. The number of nitrogens with one attached hydrogen (secondary N) is 1. The first kappa shape index (κ1) is 11.4. The molecule has 1 aliphatic rings. The molecular formula is C12H12N4O3. The van der Waals surface area contributed by atoms with Crippen molar-refractivity contribution in [3.63, 3.8) is 0 Å². The quantitative estimate of drug-likeness (QED) is 0.866. The molecule has 0 atom stereocenters. The van der Waals surface area contributed by atoms with Gasteiger partial charge in [-0.3, -0.25) is 0 Å². The van der Waals surface area contributed by atoms with Crippen LogP contribution in [0.25, 0.3) is 0 Å². The summed E-state index contributed by atoms with van der Waals surface area (Å²) < 4.78 is 16.1. The van der Waals surface area contributed by atoms with Crippen molar-refractivity contribution in [3.8, 4) is 23.1 Å². The Morgan fingerprint density at radius 2 is 2.05 bits per heavy atom. The molecule has 7 nitrogen and oxygen atoms in total. The molecule has 0 saturated carbocycles. The predicted octanol–water partition coefficient (Wildman–Crippen LogP) is 1.62. The molecule has 98 valence electrons. The van der Waals surface area contributed by atoms with E-state index >= 15 is 0 Å². The normalized spacial score (nSPS) is 12.3. The fourth-order valence-corrected chi connectivity index (χ4v) is 1.68. The Kier molecular flexibility index (Phi) is 2.71. The molecule has 0 amide bonds. The third-order valence-corrected chi connectivity index (χ3v) is 2.54. The maximum Gasteiger partial charge on any atom is 0.231 e. The second-order valence-corrected chi connectivity index (χ2v) is 3.82. The van der Waals surface area contributed by atoms with E-state index in [1.165, 1.54) is 0 Å². The van der Waals surface area contributed by atoms with E-state index in [-0.39, 0.29) is 12.7 Å². The van der Waals surface area contributed by atoms with Gasteiger partial charge in [0.2, 0.25) is 18.6 Å². The Hall–Kier alpha value is -2.70. The summed E-state index contributed by atoms with van der Waals surface area (Å²) in [6.07, 6.45) is 0. The SMILES string of the molecule is CNc1cc(Oc2ccc3c(c2)OCO3)nc(N)n1. The van der Waals surface area contributed by atoms with Crippen LogP contribution < -0.4 is 25.3 Å². The molecule has 3 rings (SSSR count). The largest absolute Gasteiger partial charge is 0.454 e. The van der Waals surface area contributed by atoms with Crippen LogP contribution in [0.3, 0.4) is 0 Å². The van der Waals surface area contributed by atoms with Crippen molar-refractivity contribution >= 4 is 11.8 Å². The van der Waals surface area contributed by atoms with Crippen LogP contribution in [0.2, 0.25) is 0 Å². The van der Waals surface area contributed by atoms with Gasteiger partial charge >= 0.3 is 0 Å². The van der Waals surface area contributed by atoms with E-state index in [4.69, 9.17) is 19.9 Å². The summed E-state index contributed by atoms with van der Waals surface area (Å²) in [7, 11) is 1.74. The molecule has 1 aromatic heterocycles. The first-order valence-corrected chi connectivity index (χ1v) is 5.64. The molecule has 7 heteroatoms. The molecule has 0 unspecified atom stereocenters. The highest BCUT2D eigenvalue weighted by atomic mass is 16.7. The second-order valence-electron chi connectivity index (χ2n) is 3.82. The van der Waals surface area contributed by atoms with Crippen molar-refractivity contribution in [1.82, 2.24) is 9.97 Å². The minimum atomic E-state index is 0.141. The van der Waals surface area contributed by atoms with E-state index in [1.54, 1.807) is 31.3 Å². The Labute approximate surface area is 109 Å². The third kappa shape index (κ3) is 2.30. The van der Waals surface area contributed by atoms with Crippen LogP contribution in [0.4, 0.5) is 11.8 Å². The Morgan fingerprint density at radius 3 is 2.89 bits per heavy atom. The topological polar surface area (TPSA) is 91.5 Å². The lowest BCUT2D eigenvalue weighted by molar-refractivity contribution is 0.174. The fraction of sp³-hybridized carbons (Fsp3) is 0.167. The van der Waals surface area contributed by atoms with Gasteiger partial charge in [-0.1, -0.05) is 0 Å². The number of benzene rings is 1. The van der Waals surface area contributed by atoms with Gasteiger partial charge in [-0.2, -0.15) is 9.97 Å². The Bertz CT molecular complexity index is 618. The number of ether oxygens (including phenoxy) is 3. The standard InChI is InChI=1S/C12H12N4O3/c1-14-10-5-11(16-12(13)15-10)19-7-2-3-8-9(4-7)18-6-17-8/h2-5H,6H2,1H3,(H3,13,14,15,16).